The quantitative estimate of drug-likeness (QED) is 0.397. The molecule has 2 saturated heterocycles. The Hall–Kier alpha value is -4.23. The van der Waals surface area contributed by atoms with E-state index in [4.69, 9.17) is 4.98 Å². The second-order valence-electron chi connectivity index (χ2n) is 10.7. The summed E-state index contributed by atoms with van der Waals surface area (Å²) < 4.78 is 3.55. The molecule has 0 atom stereocenters. The molecule has 0 aromatic carbocycles. The van der Waals surface area contributed by atoms with Crippen LogP contribution in [0.25, 0.3) is 27.8 Å². The summed E-state index contributed by atoms with van der Waals surface area (Å²) in [6.07, 6.45) is 11.4. The van der Waals surface area contributed by atoms with E-state index >= 15 is 0 Å². The molecule has 1 amide bonds. The Bertz CT molecular complexity index is 1510. The van der Waals surface area contributed by atoms with Gasteiger partial charge in [-0.1, -0.05) is 0 Å². The lowest BCUT2D eigenvalue weighted by Crippen LogP contribution is -2.49. The van der Waals surface area contributed by atoms with Gasteiger partial charge >= 0.3 is 0 Å². The minimum Gasteiger partial charge on any atom is -0.354 e. The Morgan fingerprint density at radius 1 is 0.974 bits per heavy atom. The van der Waals surface area contributed by atoms with Crippen molar-refractivity contribution in [2.24, 2.45) is 13.0 Å². The van der Waals surface area contributed by atoms with Gasteiger partial charge in [-0.25, -0.2) is 9.50 Å². The number of aryl methyl sites for hydroxylation is 1. The van der Waals surface area contributed by atoms with Crippen LogP contribution in [0.4, 0.5) is 5.82 Å². The summed E-state index contributed by atoms with van der Waals surface area (Å²) >= 11 is 0. The van der Waals surface area contributed by atoms with Gasteiger partial charge in [0.25, 0.3) is 0 Å². The minimum atomic E-state index is 0.196. The molecule has 0 bridgehead atoms. The average Bonchev–Trinajstić information content (AvgIpc) is 3.59. The van der Waals surface area contributed by atoms with Crippen LogP contribution in [0.2, 0.25) is 0 Å². The monoisotopic (exact) mass is 523 g/mol. The number of pyridine rings is 2. The smallest absolute Gasteiger partial charge is 0.219 e. The number of likely N-dealkylation sites (tertiary alicyclic amines) is 1. The summed E-state index contributed by atoms with van der Waals surface area (Å²) in [7, 11) is 1.90. The van der Waals surface area contributed by atoms with Crippen LogP contribution in [0.1, 0.15) is 25.3 Å². The van der Waals surface area contributed by atoms with Gasteiger partial charge in [-0.05, 0) is 37.0 Å². The number of fused-ring (bicyclic) bond motifs is 1. The molecule has 0 radical (unpaired) electrons. The van der Waals surface area contributed by atoms with Crippen LogP contribution in [0, 0.1) is 17.2 Å². The molecule has 10 heteroatoms. The first-order chi connectivity index (χ1) is 19.0. The largest absolute Gasteiger partial charge is 0.354 e. The molecule has 0 saturated carbocycles. The van der Waals surface area contributed by atoms with Crippen molar-refractivity contribution in [1.29, 1.82) is 5.26 Å². The molecule has 4 aromatic rings. The number of piperidine rings is 1. The molecule has 2 aliphatic heterocycles. The van der Waals surface area contributed by atoms with Crippen LogP contribution in [0.15, 0.2) is 49.2 Å². The molecule has 39 heavy (non-hydrogen) atoms. The van der Waals surface area contributed by atoms with Crippen molar-refractivity contribution >= 4 is 17.2 Å². The normalized spacial score (nSPS) is 17.1. The van der Waals surface area contributed by atoms with Crippen LogP contribution in [0.5, 0.6) is 0 Å². The molecule has 4 aromatic heterocycles. The van der Waals surface area contributed by atoms with Crippen LogP contribution >= 0.6 is 0 Å². The second-order valence-corrected chi connectivity index (χ2v) is 10.7. The zero-order valence-electron chi connectivity index (χ0n) is 22.5. The molecule has 200 valence electrons. The van der Waals surface area contributed by atoms with Gasteiger partial charge in [0.1, 0.15) is 11.9 Å². The first-order valence-corrected chi connectivity index (χ1v) is 13.6. The molecule has 2 aliphatic rings. The topological polar surface area (TPSA) is 98.6 Å². The predicted molar refractivity (Wildman–Crippen MR) is 149 cm³/mol. The Morgan fingerprint density at radius 2 is 1.77 bits per heavy atom. The number of nitriles is 1. The third-order valence-corrected chi connectivity index (χ3v) is 8.10. The Kier molecular flexibility index (Phi) is 6.75. The number of hydrogen-bond acceptors (Lipinski definition) is 7. The predicted octanol–water partition coefficient (Wildman–Crippen LogP) is 3.05. The number of carbonyl (C=O) groups excluding carboxylic acids is 1. The summed E-state index contributed by atoms with van der Waals surface area (Å²) in [4.78, 5) is 23.3. The zero-order chi connectivity index (χ0) is 26.9. The van der Waals surface area contributed by atoms with E-state index in [0.717, 1.165) is 92.2 Å². The fraction of sp³-hybridized carbons (Fsp3) is 0.414. The van der Waals surface area contributed by atoms with Gasteiger partial charge in [0.05, 0.1) is 23.5 Å². The summed E-state index contributed by atoms with van der Waals surface area (Å²) in [6, 6.07) is 8.54. The van der Waals surface area contributed by atoms with Crippen LogP contribution in [-0.4, -0.2) is 85.9 Å². The van der Waals surface area contributed by atoms with Gasteiger partial charge in [-0.3, -0.25) is 14.4 Å². The first kappa shape index (κ1) is 25.1. The SMILES string of the molecule is CC(=O)N1CCC(CN2CCN(c3ccc(-c4cc(-c5cnn(C)c5)cn5ncc(C#N)c45)cn3)CC2)CC1. The number of amides is 1. The van der Waals surface area contributed by atoms with E-state index in [1.807, 2.05) is 36.7 Å². The number of piperazine rings is 1. The highest BCUT2D eigenvalue weighted by molar-refractivity contribution is 5.87. The van der Waals surface area contributed by atoms with Crippen molar-refractivity contribution in [3.63, 3.8) is 0 Å². The van der Waals surface area contributed by atoms with Gasteiger partial charge < -0.3 is 9.80 Å². The van der Waals surface area contributed by atoms with E-state index in [1.165, 1.54) is 0 Å². The zero-order valence-corrected chi connectivity index (χ0v) is 22.5. The maximum atomic E-state index is 11.6. The van der Waals surface area contributed by atoms with E-state index in [9.17, 15) is 10.1 Å². The highest BCUT2D eigenvalue weighted by Crippen LogP contribution is 2.32. The molecule has 0 aliphatic carbocycles. The Balaban J connectivity index is 1.15. The number of rotatable bonds is 5. The molecule has 2 fully saturated rings. The average molecular weight is 524 g/mol. The number of aromatic nitrogens is 5. The van der Waals surface area contributed by atoms with Crippen molar-refractivity contribution in [2.75, 3.05) is 50.7 Å². The summed E-state index contributed by atoms with van der Waals surface area (Å²) in [6.45, 7) is 8.49. The van der Waals surface area contributed by atoms with Crippen molar-refractivity contribution in [2.45, 2.75) is 19.8 Å². The van der Waals surface area contributed by atoms with Crippen molar-refractivity contribution in [3.05, 3.63) is 54.7 Å². The van der Waals surface area contributed by atoms with Crippen LogP contribution < -0.4 is 4.90 Å². The molecule has 6 heterocycles. The fourth-order valence-electron chi connectivity index (χ4n) is 5.84. The lowest BCUT2D eigenvalue weighted by molar-refractivity contribution is -0.130. The summed E-state index contributed by atoms with van der Waals surface area (Å²) in [5.74, 6) is 1.84. The standard InChI is InChI=1S/C29H33N9O/c1-21(39)36-7-5-22(6-8-36)18-35-9-11-37(12-10-35)28-4-3-23(15-31-28)27-13-24(26-17-32-34(2)19-26)20-38-29(27)25(14-30)16-33-38/h3-4,13,15-17,19-20,22H,5-12,18H2,1-2H3. The first-order valence-electron chi connectivity index (χ1n) is 13.6. The van der Waals surface area contributed by atoms with Gasteiger partial charge in [0, 0.05) is 101 Å². The van der Waals surface area contributed by atoms with Gasteiger partial charge in [0.2, 0.25) is 5.91 Å². The van der Waals surface area contributed by atoms with E-state index in [0.29, 0.717) is 11.5 Å². The summed E-state index contributed by atoms with van der Waals surface area (Å²) in [5, 5.41) is 18.4. The molecule has 0 N–H and O–H groups in total. The fourth-order valence-corrected chi connectivity index (χ4v) is 5.84. The molecular formula is C29H33N9O. The second kappa shape index (κ2) is 10.5. The number of carbonyl (C=O) groups is 1. The van der Waals surface area contributed by atoms with Gasteiger partial charge in [-0.2, -0.15) is 15.5 Å². The lowest BCUT2D eigenvalue weighted by atomic mass is 9.96. The lowest BCUT2D eigenvalue weighted by Gasteiger charge is -2.39. The molecule has 10 nitrogen and oxygen atoms in total. The van der Waals surface area contributed by atoms with Crippen LogP contribution in [0.3, 0.4) is 0 Å². The maximum Gasteiger partial charge on any atom is 0.219 e. The van der Waals surface area contributed by atoms with E-state index in [-0.39, 0.29) is 5.91 Å². The number of hydrogen-bond donors (Lipinski definition) is 0. The summed E-state index contributed by atoms with van der Waals surface area (Å²) in [5.41, 5.74) is 5.15. The highest BCUT2D eigenvalue weighted by Gasteiger charge is 2.25. The van der Waals surface area contributed by atoms with Gasteiger partial charge in [-0.15, -0.1) is 0 Å². The van der Waals surface area contributed by atoms with E-state index in [2.05, 4.69) is 44.3 Å². The van der Waals surface area contributed by atoms with Crippen molar-refractivity contribution in [3.8, 4) is 28.3 Å². The van der Waals surface area contributed by atoms with Crippen molar-refractivity contribution < 1.29 is 4.79 Å². The molecular weight excluding hydrogens is 490 g/mol. The molecule has 0 unspecified atom stereocenters. The van der Waals surface area contributed by atoms with Crippen molar-refractivity contribution in [1.82, 2.24) is 34.2 Å². The minimum absolute atomic E-state index is 0.196. The third kappa shape index (κ3) is 5.10. The molecule has 0 spiro atoms. The Morgan fingerprint density at radius 3 is 2.41 bits per heavy atom. The van der Waals surface area contributed by atoms with Gasteiger partial charge in [0.15, 0.2) is 0 Å². The Labute approximate surface area is 228 Å². The molecule has 6 rings (SSSR count). The third-order valence-electron chi connectivity index (χ3n) is 8.10. The van der Waals surface area contributed by atoms with Crippen LogP contribution in [-0.2, 0) is 11.8 Å². The number of nitrogens with zero attached hydrogens (tertiary/aromatic N) is 9. The van der Waals surface area contributed by atoms with E-state index < -0.39 is 0 Å². The highest BCUT2D eigenvalue weighted by atomic mass is 16.2. The van der Waals surface area contributed by atoms with E-state index in [1.54, 1.807) is 22.3 Å². The maximum absolute atomic E-state index is 11.6. The number of anilines is 1.